The zero-order chi connectivity index (χ0) is 26.2. The molecule has 0 saturated carbocycles. The minimum absolute atomic E-state index is 0.115. The Labute approximate surface area is 210 Å². The number of hydrogen-bond acceptors (Lipinski definition) is 8. The van der Waals surface area contributed by atoms with E-state index in [1.807, 2.05) is 6.92 Å². The van der Waals surface area contributed by atoms with Crippen molar-refractivity contribution in [3.05, 3.63) is 0 Å². The summed E-state index contributed by atoms with van der Waals surface area (Å²) in [6.45, 7) is 5.66. The van der Waals surface area contributed by atoms with Gasteiger partial charge in [-0.2, -0.15) is 0 Å². The lowest BCUT2D eigenvalue weighted by Gasteiger charge is -2.40. The summed E-state index contributed by atoms with van der Waals surface area (Å²) in [6, 6.07) is 0. The number of aliphatic hydroxyl groups is 3. The van der Waals surface area contributed by atoms with Gasteiger partial charge in [0.05, 0.1) is 25.0 Å². The smallest absolute Gasteiger partial charge is 0.308 e. The normalized spacial score (nSPS) is 26.3. The van der Waals surface area contributed by atoms with Gasteiger partial charge in [-0.15, -0.1) is 0 Å². The Hall–Kier alpha value is -1.26. The van der Waals surface area contributed by atoms with Gasteiger partial charge in [0.15, 0.2) is 6.29 Å². The fraction of sp³-hybridized carbons (Fsp3) is 0.923. The summed E-state index contributed by atoms with van der Waals surface area (Å²) >= 11 is 0. The molecule has 0 aliphatic carbocycles. The van der Waals surface area contributed by atoms with Crippen molar-refractivity contribution in [2.45, 2.75) is 154 Å². The van der Waals surface area contributed by atoms with E-state index in [1.165, 1.54) is 32.1 Å². The van der Waals surface area contributed by atoms with Crippen molar-refractivity contribution in [2.75, 3.05) is 0 Å². The Morgan fingerprint density at radius 3 is 1.94 bits per heavy atom. The Balaban J connectivity index is 2.63. The SMILES string of the molecule is CCCCCCCCCCC[C@@H](CC(=O)O[C@@H](CCC)CC(=O)O)O[C@@H]1OC(C)[C@H](O)[C@H](O)C1O. The quantitative estimate of drug-likeness (QED) is 0.153. The van der Waals surface area contributed by atoms with Crippen molar-refractivity contribution in [3.63, 3.8) is 0 Å². The van der Waals surface area contributed by atoms with Crippen LogP contribution < -0.4 is 0 Å². The molecule has 1 aliphatic rings. The van der Waals surface area contributed by atoms with Crippen molar-refractivity contribution >= 4 is 11.9 Å². The molecule has 2 unspecified atom stereocenters. The molecule has 1 aliphatic heterocycles. The van der Waals surface area contributed by atoms with E-state index in [-0.39, 0.29) is 12.8 Å². The van der Waals surface area contributed by atoms with E-state index in [4.69, 9.17) is 19.3 Å². The molecular formula is C26H48O9. The third kappa shape index (κ3) is 13.0. The summed E-state index contributed by atoms with van der Waals surface area (Å²) < 4.78 is 16.8. The summed E-state index contributed by atoms with van der Waals surface area (Å²) in [7, 11) is 0. The molecule has 35 heavy (non-hydrogen) atoms. The van der Waals surface area contributed by atoms with Crippen LogP contribution in [0.1, 0.15) is 111 Å². The lowest BCUT2D eigenvalue weighted by molar-refractivity contribution is -0.304. The zero-order valence-corrected chi connectivity index (χ0v) is 21.8. The minimum atomic E-state index is -1.46. The van der Waals surface area contributed by atoms with E-state index < -0.39 is 54.9 Å². The molecule has 1 fully saturated rings. The van der Waals surface area contributed by atoms with Gasteiger partial charge in [0.2, 0.25) is 0 Å². The Kier molecular flexibility index (Phi) is 16.4. The maximum absolute atomic E-state index is 12.6. The molecule has 9 nitrogen and oxygen atoms in total. The van der Waals surface area contributed by atoms with Gasteiger partial charge in [-0.05, 0) is 19.8 Å². The van der Waals surface area contributed by atoms with Crippen molar-refractivity contribution in [3.8, 4) is 0 Å². The number of carbonyl (C=O) groups excluding carboxylic acids is 1. The maximum atomic E-state index is 12.6. The van der Waals surface area contributed by atoms with Gasteiger partial charge in [-0.3, -0.25) is 9.59 Å². The van der Waals surface area contributed by atoms with Gasteiger partial charge in [-0.25, -0.2) is 0 Å². The number of unbranched alkanes of at least 4 members (excludes halogenated alkanes) is 8. The van der Waals surface area contributed by atoms with Crippen LogP contribution in [0.3, 0.4) is 0 Å². The predicted molar refractivity (Wildman–Crippen MR) is 131 cm³/mol. The number of carboxylic acid groups (broad SMARTS) is 1. The maximum Gasteiger partial charge on any atom is 0.308 e. The first-order chi connectivity index (χ1) is 16.7. The first-order valence-corrected chi connectivity index (χ1v) is 13.5. The van der Waals surface area contributed by atoms with Gasteiger partial charge < -0.3 is 34.6 Å². The van der Waals surface area contributed by atoms with Gasteiger partial charge in [0.25, 0.3) is 0 Å². The highest BCUT2D eigenvalue weighted by Crippen LogP contribution is 2.25. The molecule has 0 bridgehead atoms. The van der Waals surface area contributed by atoms with E-state index in [0.29, 0.717) is 19.3 Å². The summed E-state index contributed by atoms with van der Waals surface area (Å²) in [5.74, 6) is -1.59. The van der Waals surface area contributed by atoms with Crippen LogP contribution in [0.25, 0.3) is 0 Å². The molecule has 0 aromatic carbocycles. The first-order valence-electron chi connectivity index (χ1n) is 13.5. The highest BCUT2D eigenvalue weighted by Gasteiger charge is 2.43. The van der Waals surface area contributed by atoms with Gasteiger partial charge >= 0.3 is 11.9 Å². The average molecular weight is 505 g/mol. The largest absolute Gasteiger partial charge is 0.481 e. The van der Waals surface area contributed by atoms with E-state index >= 15 is 0 Å². The standard InChI is InChI=1S/C26H48O9/c1-4-6-7-8-9-10-11-12-13-15-20(17-22(29)34-19(14-5-2)16-21(27)28)35-26-25(32)24(31)23(30)18(3)33-26/h18-20,23-26,30-32H,4-17H2,1-3H3,(H,27,28)/t18?,19-,20-,23-,24-,25?,26-/m0/s1. The number of carboxylic acids is 1. The van der Waals surface area contributed by atoms with Gasteiger partial charge in [-0.1, -0.05) is 78.1 Å². The molecule has 0 amide bonds. The third-order valence-corrected chi connectivity index (χ3v) is 6.47. The molecular weight excluding hydrogens is 456 g/mol. The Bertz CT molecular complexity index is 585. The molecule has 206 valence electrons. The number of rotatable bonds is 19. The van der Waals surface area contributed by atoms with Crippen LogP contribution in [0.15, 0.2) is 0 Å². The first kappa shape index (κ1) is 31.8. The van der Waals surface area contributed by atoms with Crippen LogP contribution >= 0.6 is 0 Å². The average Bonchev–Trinajstić information content (AvgIpc) is 2.79. The highest BCUT2D eigenvalue weighted by molar-refractivity contribution is 5.72. The lowest BCUT2D eigenvalue weighted by atomic mass is 9.99. The number of hydrogen-bond donors (Lipinski definition) is 4. The fourth-order valence-electron chi connectivity index (χ4n) is 4.36. The zero-order valence-electron chi connectivity index (χ0n) is 21.8. The Morgan fingerprint density at radius 1 is 0.771 bits per heavy atom. The monoisotopic (exact) mass is 504 g/mol. The fourth-order valence-corrected chi connectivity index (χ4v) is 4.36. The van der Waals surface area contributed by atoms with Crippen molar-refractivity contribution in [1.82, 2.24) is 0 Å². The van der Waals surface area contributed by atoms with E-state index in [9.17, 15) is 24.9 Å². The van der Waals surface area contributed by atoms with Crippen LogP contribution in [0.2, 0.25) is 0 Å². The molecule has 0 radical (unpaired) electrons. The molecule has 0 aromatic rings. The lowest BCUT2D eigenvalue weighted by Crippen LogP contribution is -2.58. The van der Waals surface area contributed by atoms with Crippen LogP contribution in [0.5, 0.6) is 0 Å². The number of esters is 1. The number of carbonyl (C=O) groups is 2. The van der Waals surface area contributed by atoms with Crippen molar-refractivity contribution < 1.29 is 44.2 Å². The molecule has 0 aromatic heterocycles. The summed E-state index contributed by atoms with van der Waals surface area (Å²) in [5.41, 5.74) is 0. The molecule has 9 heteroatoms. The summed E-state index contributed by atoms with van der Waals surface area (Å²) in [4.78, 5) is 23.7. The third-order valence-electron chi connectivity index (χ3n) is 6.47. The van der Waals surface area contributed by atoms with E-state index in [1.54, 1.807) is 6.92 Å². The number of aliphatic hydroxyl groups excluding tert-OH is 3. The van der Waals surface area contributed by atoms with Crippen LogP contribution in [-0.4, -0.2) is 75.3 Å². The van der Waals surface area contributed by atoms with Crippen LogP contribution in [0, 0.1) is 0 Å². The van der Waals surface area contributed by atoms with Crippen molar-refractivity contribution in [1.29, 1.82) is 0 Å². The van der Waals surface area contributed by atoms with Gasteiger partial charge in [0.1, 0.15) is 24.4 Å². The molecule has 4 N–H and O–H groups in total. The molecule has 1 heterocycles. The number of ether oxygens (including phenoxy) is 3. The topological polar surface area (TPSA) is 143 Å². The molecule has 0 spiro atoms. The second kappa shape index (κ2) is 18.1. The van der Waals surface area contributed by atoms with E-state index in [2.05, 4.69) is 6.92 Å². The minimum Gasteiger partial charge on any atom is -0.481 e. The van der Waals surface area contributed by atoms with Crippen LogP contribution in [-0.2, 0) is 23.8 Å². The van der Waals surface area contributed by atoms with E-state index in [0.717, 1.165) is 25.7 Å². The molecule has 1 rings (SSSR count). The highest BCUT2D eigenvalue weighted by atomic mass is 16.7. The molecule has 7 atom stereocenters. The van der Waals surface area contributed by atoms with Gasteiger partial charge in [0, 0.05) is 0 Å². The number of aliphatic carboxylic acids is 1. The summed E-state index contributed by atoms with van der Waals surface area (Å²) in [6.07, 6.45) is 4.20. The summed E-state index contributed by atoms with van der Waals surface area (Å²) in [5, 5.41) is 39.4. The second-order valence-corrected chi connectivity index (χ2v) is 9.76. The van der Waals surface area contributed by atoms with Crippen LogP contribution in [0.4, 0.5) is 0 Å². The second-order valence-electron chi connectivity index (χ2n) is 9.76. The predicted octanol–water partition coefficient (Wildman–Crippen LogP) is 3.70. The molecule has 1 saturated heterocycles. The Morgan fingerprint density at radius 2 is 1.37 bits per heavy atom. The van der Waals surface area contributed by atoms with Crippen molar-refractivity contribution in [2.24, 2.45) is 0 Å².